The number of ether oxygens (including phenoxy) is 4. The number of hydrogen-bond donors (Lipinski definition) is 0. The van der Waals surface area contributed by atoms with Crippen molar-refractivity contribution < 1.29 is 42.9 Å². The van der Waals surface area contributed by atoms with Gasteiger partial charge in [0, 0.05) is 12.8 Å². The summed E-state index contributed by atoms with van der Waals surface area (Å²) in [5.41, 5.74) is 0. The summed E-state index contributed by atoms with van der Waals surface area (Å²) >= 11 is 0. The lowest BCUT2D eigenvalue weighted by atomic mass is 10.1. The molecule has 0 fully saturated rings. The van der Waals surface area contributed by atoms with Gasteiger partial charge in [-0.15, -0.1) is 0 Å². The maximum atomic E-state index is 12.9. The summed E-state index contributed by atoms with van der Waals surface area (Å²) in [7, 11) is 5.90. The minimum atomic E-state index is -1.65. The monoisotopic (exact) mass is 1230 g/mol. The first-order valence-electron chi connectivity index (χ1n) is 34.2. The summed E-state index contributed by atoms with van der Waals surface area (Å²) in [5, 5.41) is 11.8. The smallest absolute Gasteiger partial charge is 0.306 e. The summed E-state index contributed by atoms with van der Waals surface area (Å²) in [6, 6.07) is 0. The predicted molar refractivity (Wildman–Crippen MR) is 379 cm³/mol. The van der Waals surface area contributed by atoms with Gasteiger partial charge in [0.05, 0.1) is 40.3 Å². The van der Waals surface area contributed by atoms with Gasteiger partial charge >= 0.3 is 11.9 Å². The third-order valence-electron chi connectivity index (χ3n) is 13.5. The number of rotatable bonds is 60. The van der Waals surface area contributed by atoms with E-state index in [0.29, 0.717) is 23.9 Å². The van der Waals surface area contributed by atoms with Gasteiger partial charge in [0.25, 0.3) is 0 Å². The molecule has 89 heavy (non-hydrogen) atoms. The lowest BCUT2D eigenvalue weighted by Crippen LogP contribution is -2.44. The van der Waals surface area contributed by atoms with Gasteiger partial charge in [-0.05, 0) is 148 Å². The van der Waals surface area contributed by atoms with Crippen LogP contribution >= 0.6 is 0 Å². The molecule has 0 heterocycles. The van der Waals surface area contributed by atoms with E-state index in [0.717, 1.165) is 161 Å². The highest BCUT2D eigenvalue weighted by atomic mass is 16.7. The lowest BCUT2D eigenvalue weighted by molar-refractivity contribution is -0.870. The number of hydrogen-bond acceptors (Lipinski definition) is 8. The molecular formula is C80H123NO8. The van der Waals surface area contributed by atoms with Crippen LogP contribution in [0.5, 0.6) is 0 Å². The Morgan fingerprint density at radius 2 is 0.607 bits per heavy atom. The van der Waals surface area contributed by atoms with Crippen LogP contribution in [0, 0.1) is 0 Å². The van der Waals surface area contributed by atoms with Gasteiger partial charge in [0.2, 0.25) is 0 Å². The molecular weight excluding hydrogens is 1100 g/mol. The molecule has 0 aliphatic rings. The zero-order valence-corrected chi connectivity index (χ0v) is 56.5. The number of quaternary nitrogens is 1. The SMILES string of the molecule is CC/C=C\C/C=C\C/C=C\C/C=C\C/C=C\C/C=C\C/C=C\C/C=C\C/C=C\C/C=C\C/C=C\C/C=C\CCCCCCC(=O)OC(COC(=O)CCCCCCCCC/C=C\C/C=C\C/C=C\C/C=C\C/C=C\CC)COC(OCC[N+](C)(C)C)C(=O)[O-]. The Morgan fingerprint density at radius 3 is 0.899 bits per heavy atom. The zero-order valence-electron chi connectivity index (χ0n) is 56.5. The van der Waals surface area contributed by atoms with Gasteiger partial charge in [-0.1, -0.05) is 265 Å². The molecule has 2 unspecified atom stereocenters. The van der Waals surface area contributed by atoms with Gasteiger partial charge in [-0.3, -0.25) is 9.59 Å². The summed E-state index contributed by atoms with van der Waals surface area (Å²) in [6.45, 7) is 4.44. The van der Waals surface area contributed by atoms with Crippen LogP contribution < -0.4 is 5.11 Å². The molecule has 0 spiro atoms. The van der Waals surface area contributed by atoms with Crippen molar-refractivity contribution >= 4 is 17.9 Å². The highest BCUT2D eigenvalue weighted by Crippen LogP contribution is 2.13. The Kier molecular flexibility index (Phi) is 63.1. The number of unbranched alkanes of at least 4 members (excludes halogenated alkanes) is 11. The van der Waals surface area contributed by atoms with E-state index in [2.05, 4.69) is 220 Å². The van der Waals surface area contributed by atoms with Crippen LogP contribution in [0.4, 0.5) is 0 Å². The van der Waals surface area contributed by atoms with Crippen molar-refractivity contribution in [3.05, 3.63) is 207 Å². The number of likely N-dealkylation sites (N-methyl/N-ethyl adjacent to an activating group) is 1. The second-order valence-corrected chi connectivity index (χ2v) is 23.0. The Morgan fingerprint density at radius 1 is 0.337 bits per heavy atom. The zero-order chi connectivity index (χ0) is 64.7. The fourth-order valence-corrected chi connectivity index (χ4v) is 8.37. The number of carboxylic acid groups (broad SMARTS) is 1. The van der Waals surface area contributed by atoms with Crippen molar-refractivity contribution in [1.29, 1.82) is 0 Å². The fourth-order valence-electron chi connectivity index (χ4n) is 8.37. The molecule has 0 radical (unpaired) electrons. The van der Waals surface area contributed by atoms with Crippen LogP contribution in [0.25, 0.3) is 0 Å². The molecule has 0 N–H and O–H groups in total. The van der Waals surface area contributed by atoms with Gasteiger partial charge in [0.15, 0.2) is 12.4 Å². The Labute approximate surface area is 544 Å². The number of carbonyl (C=O) groups excluding carboxylic acids is 3. The number of nitrogens with zero attached hydrogens (tertiary/aromatic N) is 1. The van der Waals surface area contributed by atoms with Crippen molar-refractivity contribution in [2.24, 2.45) is 0 Å². The normalized spacial score (nSPS) is 14.0. The molecule has 0 rings (SSSR count). The highest BCUT2D eigenvalue weighted by molar-refractivity contribution is 5.70. The van der Waals surface area contributed by atoms with Crippen LogP contribution in [0.2, 0.25) is 0 Å². The van der Waals surface area contributed by atoms with Crippen LogP contribution in [0.1, 0.15) is 219 Å². The highest BCUT2D eigenvalue weighted by Gasteiger charge is 2.22. The fraction of sp³-hybridized carbons (Fsp3) is 0.537. The first-order valence-corrected chi connectivity index (χ1v) is 34.2. The Balaban J connectivity index is 4.29. The minimum absolute atomic E-state index is 0.128. The van der Waals surface area contributed by atoms with Gasteiger partial charge in [-0.25, -0.2) is 0 Å². The summed E-state index contributed by atoms with van der Waals surface area (Å²) in [5.74, 6) is -2.36. The molecule has 2 atom stereocenters. The minimum Gasteiger partial charge on any atom is -0.545 e. The molecule has 0 aliphatic heterocycles. The van der Waals surface area contributed by atoms with Crippen molar-refractivity contribution in [2.45, 2.75) is 232 Å². The van der Waals surface area contributed by atoms with E-state index < -0.39 is 24.3 Å². The van der Waals surface area contributed by atoms with Gasteiger partial charge in [0.1, 0.15) is 13.2 Å². The average molecular weight is 1230 g/mol. The second-order valence-electron chi connectivity index (χ2n) is 23.0. The third kappa shape index (κ3) is 69.2. The number of carboxylic acids is 1. The van der Waals surface area contributed by atoms with E-state index in [1.165, 1.54) is 19.3 Å². The van der Waals surface area contributed by atoms with Crippen molar-refractivity contribution in [2.75, 3.05) is 47.5 Å². The van der Waals surface area contributed by atoms with E-state index in [9.17, 15) is 19.5 Å². The van der Waals surface area contributed by atoms with E-state index in [4.69, 9.17) is 18.9 Å². The molecule has 9 heteroatoms. The van der Waals surface area contributed by atoms with Gasteiger partial charge in [-0.2, -0.15) is 0 Å². The quantitative estimate of drug-likeness (QED) is 0.0195. The number of aliphatic carboxylic acids is 1. The first kappa shape index (κ1) is 82.9. The van der Waals surface area contributed by atoms with Gasteiger partial charge < -0.3 is 33.3 Å². The standard InChI is InChI=1S/C80H123NO8/c1-6-8-10-12-14-16-18-20-22-24-26-28-30-31-32-33-34-35-36-37-38-39-40-41-42-43-44-45-46-47-49-51-53-55-57-59-61-63-65-67-69-71-78(83)89-76(75-88-80(79(84)85)86-73-72-81(3,4)5)74-87-77(82)70-68-66-64-62-60-58-56-54-52-50-48-29-27-25-23-21-19-17-15-13-11-9-7-2/h8-11,14-17,20-23,26-29,31-32,34-35,37-38,40-41,43-44,46-47,50-53,57,59,76,80H,6-7,12-13,18-19,24-25,30,33,36,39,42,45,48-49,54-56,58,60-75H2,1-5H3/b10-8-,11-9-,16-14-,17-15-,22-20-,23-21-,28-26-,29-27-,32-31-,35-34-,38-37-,41-40-,44-43-,47-46-,52-50-,53-51-,59-57-. The van der Waals surface area contributed by atoms with E-state index in [-0.39, 0.29) is 38.6 Å². The maximum absolute atomic E-state index is 12.9. The van der Waals surface area contributed by atoms with Crippen molar-refractivity contribution in [1.82, 2.24) is 0 Å². The Bertz CT molecular complexity index is 2210. The topological polar surface area (TPSA) is 111 Å². The summed E-state index contributed by atoms with van der Waals surface area (Å²) < 4.78 is 22.7. The predicted octanol–water partition coefficient (Wildman–Crippen LogP) is 20.2. The molecule has 0 saturated carbocycles. The molecule has 0 bridgehead atoms. The number of carbonyl (C=O) groups is 3. The van der Waals surface area contributed by atoms with Crippen LogP contribution in [-0.2, 0) is 33.3 Å². The Hall–Kier alpha value is -6.13. The van der Waals surface area contributed by atoms with E-state index >= 15 is 0 Å². The molecule has 496 valence electrons. The van der Waals surface area contributed by atoms with Crippen LogP contribution in [-0.4, -0.2) is 82.3 Å². The third-order valence-corrected chi connectivity index (χ3v) is 13.5. The van der Waals surface area contributed by atoms with Crippen molar-refractivity contribution in [3.8, 4) is 0 Å². The summed E-state index contributed by atoms with van der Waals surface area (Å²) in [6.07, 6.45) is 103. The molecule has 0 amide bonds. The molecule has 0 saturated heterocycles. The molecule has 0 aromatic heterocycles. The van der Waals surface area contributed by atoms with E-state index in [1.54, 1.807) is 0 Å². The lowest BCUT2D eigenvalue weighted by Gasteiger charge is -2.26. The average Bonchev–Trinajstić information content (AvgIpc) is 3.64. The molecule has 0 aliphatic carbocycles. The largest absolute Gasteiger partial charge is 0.545 e. The number of esters is 2. The van der Waals surface area contributed by atoms with Crippen LogP contribution in [0.3, 0.4) is 0 Å². The van der Waals surface area contributed by atoms with E-state index in [1.807, 2.05) is 21.1 Å². The first-order chi connectivity index (χ1) is 43.6. The molecule has 0 aromatic carbocycles. The van der Waals surface area contributed by atoms with Crippen molar-refractivity contribution in [3.63, 3.8) is 0 Å². The number of allylic oxidation sites excluding steroid dienone is 34. The van der Waals surface area contributed by atoms with Crippen LogP contribution in [0.15, 0.2) is 207 Å². The molecule has 0 aromatic rings. The molecule has 9 nitrogen and oxygen atoms in total. The maximum Gasteiger partial charge on any atom is 0.306 e. The summed E-state index contributed by atoms with van der Waals surface area (Å²) in [4.78, 5) is 37.4. The second kappa shape index (κ2) is 67.8.